The van der Waals surface area contributed by atoms with Crippen LogP contribution in [0.5, 0.6) is 0 Å². The van der Waals surface area contributed by atoms with Crippen molar-refractivity contribution in [3.8, 4) is 0 Å². The number of amides is 1. The molecule has 2 aliphatic heterocycles. The van der Waals surface area contributed by atoms with E-state index in [2.05, 4.69) is 15.0 Å². The second-order valence-corrected chi connectivity index (χ2v) is 8.66. The third-order valence-corrected chi connectivity index (χ3v) is 7.14. The van der Waals surface area contributed by atoms with Crippen LogP contribution in [0.25, 0.3) is 0 Å². The summed E-state index contributed by atoms with van der Waals surface area (Å²) in [5, 5.41) is 4.20. The van der Waals surface area contributed by atoms with Crippen LogP contribution in [0.15, 0.2) is 11.0 Å². The molecule has 0 radical (unpaired) electrons. The van der Waals surface area contributed by atoms with Crippen LogP contribution in [0.1, 0.15) is 46.6 Å². The highest BCUT2D eigenvalue weighted by molar-refractivity contribution is 5.95. The van der Waals surface area contributed by atoms with Crippen LogP contribution in [0.2, 0.25) is 0 Å². The number of aromatic nitrogens is 4. The predicted octanol–water partition coefficient (Wildman–Crippen LogP) is 0.769. The van der Waals surface area contributed by atoms with Crippen molar-refractivity contribution in [1.29, 1.82) is 0 Å². The van der Waals surface area contributed by atoms with Gasteiger partial charge in [-0.25, -0.2) is 4.98 Å². The lowest BCUT2D eigenvalue weighted by atomic mass is 9.76. The Bertz CT molecular complexity index is 1030. The molecule has 0 bridgehead atoms. The number of morpholine rings is 1. The van der Waals surface area contributed by atoms with Crippen molar-refractivity contribution in [3.05, 3.63) is 39.1 Å². The van der Waals surface area contributed by atoms with Crippen LogP contribution in [0.3, 0.4) is 0 Å². The normalized spacial score (nSPS) is 20.6. The number of piperidine rings is 1. The van der Waals surface area contributed by atoms with E-state index in [0.717, 1.165) is 55.7 Å². The van der Waals surface area contributed by atoms with Crippen LogP contribution in [-0.4, -0.2) is 69.9 Å². The van der Waals surface area contributed by atoms with Gasteiger partial charge in [0.1, 0.15) is 0 Å². The third kappa shape index (κ3) is 3.03. The summed E-state index contributed by atoms with van der Waals surface area (Å²) in [7, 11) is 1.85. The molecule has 0 aromatic carbocycles. The number of aromatic amines is 1. The molecule has 3 aliphatic rings. The van der Waals surface area contributed by atoms with Gasteiger partial charge in [-0.15, -0.1) is 0 Å². The molecule has 4 heterocycles. The Kier molecular flexibility index (Phi) is 4.65. The van der Waals surface area contributed by atoms with Gasteiger partial charge >= 0.3 is 0 Å². The van der Waals surface area contributed by atoms with E-state index in [1.165, 1.54) is 0 Å². The average Bonchev–Trinajstić information content (AvgIpc) is 3.29. The Morgan fingerprint density at radius 1 is 1.17 bits per heavy atom. The molecular weight excluding hydrogens is 384 g/mol. The fourth-order valence-corrected chi connectivity index (χ4v) is 5.07. The minimum absolute atomic E-state index is 0.0112. The van der Waals surface area contributed by atoms with Crippen molar-refractivity contribution in [3.63, 3.8) is 0 Å². The zero-order valence-electron chi connectivity index (χ0n) is 17.6. The standard InChI is InChI=1S/C21H28N6O3/c1-14-16(13-22-25(14)2)19(29)26-7-5-21(6-8-26)4-3-15-17(21)23-20(24-18(15)28)27-9-11-30-12-10-27/h13H,3-12H2,1-2H3,(H,23,24,28). The maximum atomic E-state index is 13.0. The highest BCUT2D eigenvalue weighted by Crippen LogP contribution is 2.44. The molecule has 9 heteroatoms. The number of aryl methyl sites for hydroxylation is 1. The van der Waals surface area contributed by atoms with E-state index in [1.54, 1.807) is 10.9 Å². The highest BCUT2D eigenvalue weighted by atomic mass is 16.5. The van der Waals surface area contributed by atoms with Gasteiger partial charge in [0.25, 0.3) is 11.5 Å². The number of anilines is 1. The van der Waals surface area contributed by atoms with Crippen molar-refractivity contribution < 1.29 is 9.53 Å². The van der Waals surface area contributed by atoms with Crippen LogP contribution < -0.4 is 10.5 Å². The average molecular weight is 412 g/mol. The molecule has 0 saturated carbocycles. The lowest BCUT2D eigenvalue weighted by molar-refractivity contribution is 0.0662. The van der Waals surface area contributed by atoms with Crippen molar-refractivity contribution in [1.82, 2.24) is 24.6 Å². The molecule has 0 unspecified atom stereocenters. The first-order chi connectivity index (χ1) is 14.5. The molecule has 2 aromatic rings. The molecule has 2 aromatic heterocycles. The summed E-state index contributed by atoms with van der Waals surface area (Å²) < 4.78 is 7.16. The molecule has 2 saturated heterocycles. The van der Waals surface area contributed by atoms with Gasteiger partial charge in [0.05, 0.1) is 30.7 Å². The Hall–Kier alpha value is -2.68. The lowest BCUT2D eigenvalue weighted by Gasteiger charge is -2.39. The van der Waals surface area contributed by atoms with E-state index in [-0.39, 0.29) is 16.9 Å². The summed E-state index contributed by atoms with van der Waals surface area (Å²) in [5.41, 5.74) is 3.22. The minimum atomic E-state index is -0.106. The number of carbonyl (C=O) groups is 1. The van der Waals surface area contributed by atoms with Crippen molar-refractivity contribution in [2.45, 2.75) is 38.0 Å². The van der Waals surface area contributed by atoms with Crippen molar-refractivity contribution in [2.24, 2.45) is 7.05 Å². The molecular formula is C21H28N6O3. The molecule has 1 spiro atoms. The zero-order chi connectivity index (χ0) is 20.9. The predicted molar refractivity (Wildman–Crippen MR) is 111 cm³/mol. The summed E-state index contributed by atoms with van der Waals surface area (Å²) in [5.74, 6) is 0.703. The van der Waals surface area contributed by atoms with Crippen LogP contribution >= 0.6 is 0 Å². The number of nitrogens with zero attached hydrogens (tertiary/aromatic N) is 5. The monoisotopic (exact) mass is 412 g/mol. The smallest absolute Gasteiger partial charge is 0.257 e. The van der Waals surface area contributed by atoms with Gasteiger partial charge in [-0.3, -0.25) is 19.3 Å². The van der Waals surface area contributed by atoms with E-state index in [9.17, 15) is 9.59 Å². The van der Waals surface area contributed by atoms with Gasteiger partial charge in [-0.1, -0.05) is 0 Å². The summed E-state index contributed by atoms with van der Waals surface area (Å²) in [6, 6.07) is 0. The Balaban J connectivity index is 1.38. The number of hydrogen-bond donors (Lipinski definition) is 1. The number of likely N-dealkylation sites (tertiary alicyclic amines) is 1. The van der Waals surface area contributed by atoms with Crippen LogP contribution in [0, 0.1) is 6.92 Å². The van der Waals surface area contributed by atoms with E-state index in [0.29, 0.717) is 37.8 Å². The summed E-state index contributed by atoms with van der Waals surface area (Å²) >= 11 is 0. The Morgan fingerprint density at radius 3 is 2.57 bits per heavy atom. The number of fused-ring (bicyclic) bond motifs is 2. The fraction of sp³-hybridized carbons (Fsp3) is 0.619. The molecule has 30 heavy (non-hydrogen) atoms. The zero-order valence-corrected chi connectivity index (χ0v) is 17.6. The SMILES string of the molecule is Cc1c(C(=O)N2CCC3(CCc4c3nc(N3CCOCC3)[nH]c4=O)CC2)cnn1C. The first kappa shape index (κ1) is 19.3. The van der Waals surface area contributed by atoms with E-state index in [4.69, 9.17) is 9.72 Å². The quantitative estimate of drug-likeness (QED) is 0.783. The molecule has 9 nitrogen and oxygen atoms in total. The summed E-state index contributed by atoms with van der Waals surface area (Å²) in [6.45, 7) is 6.04. The number of H-pyrrole nitrogens is 1. The first-order valence-electron chi connectivity index (χ1n) is 10.7. The largest absolute Gasteiger partial charge is 0.378 e. The topological polar surface area (TPSA) is 96.3 Å². The second kappa shape index (κ2) is 7.23. The third-order valence-electron chi connectivity index (χ3n) is 7.14. The number of rotatable bonds is 2. The highest BCUT2D eigenvalue weighted by Gasteiger charge is 2.45. The molecule has 1 N–H and O–H groups in total. The van der Waals surface area contributed by atoms with Gasteiger partial charge in [-0.05, 0) is 32.6 Å². The molecule has 0 atom stereocenters. The number of carbonyl (C=O) groups excluding carboxylic acids is 1. The number of hydrogen-bond acceptors (Lipinski definition) is 6. The van der Waals surface area contributed by atoms with Crippen molar-refractivity contribution >= 4 is 11.9 Å². The maximum Gasteiger partial charge on any atom is 0.257 e. The fourth-order valence-electron chi connectivity index (χ4n) is 5.07. The maximum absolute atomic E-state index is 13.0. The minimum Gasteiger partial charge on any atom is -0.378 e. The van der Waals surface area contributed by atoms with E-state index >= 15 is 0 Å². The molecule has 160 valence electrons. The van der Waals surface area contributed by atoms with Crippen LogP contribution in [0.4, 0.5) is 5.95 Å². The van der Waals surface area contributed by atoms with Gasteiger partial charge < -0.3 is 14.5 Å². The summed E-state index contributed by atoms with van der Waals surface area (Å²) in [6.07, 6.45) is 5.02. The Labute approximate surface area is 175 Å². The van der Waals surface area contributed by atoms with E-state index in [1.807, 2.05) is 18.9 Å². The van der Waals surface area contributed by atoms with Crippen molar-refractivity contribution in [2.75, 3.05) is 44.3 Å². The van der Waals surface area contributed by atoms with Gasteiger partial charge in [0, 0.05) is 49.9 Å². The van der Waals surface area contributed by atoms with E-state index < -0.39 is 0 Å². The molecule has 5 rings (SSSR count). The molecule has 1 amide bonds. The summed E-state index contributed by atoms with van der Waals surface area (Å²) in [4.78, 5) is 37.7. The van der Waals surface area contributed by atoms with Gasteiger partial charge in [0.15, 0.2) is 0 Å². The van der Waals surface area contributed by atoms with Crippen LogP contribution in [-0.2, 0) is 23.6 Å². The molecule has 1 aliphatic carbocycles. The van der Waals surface area contributed by atoms with Gasteiger partial charge in [-0.2, -0.15) is 5.10 Å². The number of nitrogens with one attached hydrogen (secondary N) is 1. The number of ether oxygens (including phenoxy) is 1. The second-order valence-electron chi connectivity index (χ2n) is 8.66. The lowest BCUT2D eigenvalue weighted by Crippen LogP contribution is -2.45. The van der Waals surface area contributed by atoms with Gasteiger partial charge in [0.2, 0.25) is 5.95 Å². The Morgan fingerprint density at radius 2 is 1.90 bits per heavy atom. The first-order valence-corrected chi connectivity index (χ1v) is 10.7. The molecule has 2 fully saturated rings.